The number of hydrogen-bond acceptors (Lipinski definition) is 6. The fourth-order valence-corrected chi connectivity index (χ4v) is 2.72. The summed E-state index contributed by atoms with van der Waals surface area (Å²) in [6.45, 7) is 2.89. The van der Waals surface area contributed by atoms with Crippen molar-refractivity contribution in [1.29, 1.82) is 0 Å². The van der Waals surface area contributed by atoms with Crippen LogP contribution < -0.4 is 16.4 Å². The molecule has 0 radical (unpaired) electrons. The van der Waals surface area contributed by atoms with E-state index in [9.17, 15) is 18.0 Å². The SMILES string of the molecule is CCn1cc(Nc2ncc(C(N)=O)c(NCCc3cccc(C(F)(F)F)c3)n2)cn1. The van der Waals surface area contributed by atoms with E-state index in [-0.39, 0.29) is 30.3 Å². The van der Waals surface area contributed by atoms with Crippen LogP contribution in [-0.4, -0.2) is 32.2 Å². The lowest BCUT2D eigenvalue weighted by molar-refractivity contribution is -0.137. The third-order valence-electron chi connectivity index (χ3n) is 4.23. The molecule has 0 saturated carbocycles. The van der Waals surface area contributed by atoms with Gasteiger partial charge in [0.1, 0.15) is 5.82 Å². The first-order valence-corrected chi connectivity index (χ1v) is 9.12. The Balaban J connectivity index is 1.71. The van der Waals surface area contributed by atoms with Crippen molar-refractivity contribution in [3.8, 4) is 0 Å². The molecule has 1 amide bonds. The summed E-state index contributed by atoms with van der Waals surface area (Å²) in [6, 6.07) is 5.07. The van der Waals surface area contributed by atoms with E-state index >= 15 is 0 Å². The fourth-order valence-electron chi connectivity index (χ4n) is 2.72. The number of benzene rings is 1. The third kappa shape index (κ3) is 5.25. The second kappa shape index (κ2) is 8.80. The predicted octanol–water partition coefficient (Wildman–Crippen LogP) is 3.21. The standard InChI is InChI=1S/C19H20F3N7O/c1-2-29-11-14(9-26-29)27-18-25-10-15(16(23)30)17(28-18)24-7-6-12-4-3-5-13(8-12)19(20,21)22/h3-5,8-11H,2,6-7H2,1H3,(H2,23,30)(H2,24,25,27,28). The second-order valence-corrected chi connectivity index (χ2v) is 6.40. The van der Waals surface area contributed by atoms with Crippen LogP contribution in [0.1, 0.15) is 28.4 Å². The summed E-state index contributed by atoms with van der Waals surface area (Å²) in [6.07, 6.45) is 0.551. The lowest BCUT2D eigenvalue weighted by atomic mass is 10.1. The Kier molecular flexibility index (Phi) is 6.19. The number of nitrogens with two attached hydrogens (primary N) is 1. The third-order valence-corrected chi connectivity index (χ3v) is 4.23. The Morgan fingerprint density at radius 3 is 2.73 bits per heavy atom. The number of nitrogens with zero attached hydrogens (tertiary/aromatic N) is 4. The molecular weight excluding hydrogens is 399 g/mol. The largest absolute Gasteiger partial charge is 0.416 e. The summed E-state index contributed by atoms with van der Waals surface area (Å²) >= 11 is 0. The van der Waals surface area contributed by atoms with Gasteiger partial charge in [0.15, 0.2) is 0 Å². The number of nitrogens with one attached hydrogen (secondary N) is 2. The van der Waals surface area contributed by atoms with E-state index in [0.717, 1.165) is 12.1 Å². The molecule has 0 spiro atoms. The van der Waals surface area contributed by atoms with Crippen molar-refractivity contribution in [3.05, 3.63) is 59.5 Å². The van der Waals surface area contributed by atoms with E-state index < -0.39 is 17.6 Å². The zero-order valence-electron chi connectivity index (χ0n) is 16.1. The van der Waals surface area contributed by atoms with E-state index in [0.29, 0.717) is 17.8 Å². The summed E-state index contributed by atoms with van der Waals surface area (Å²) < 4.78 is 40.3. The molecule has 158 valence electrons. The van der Waals surface area contributed by atoms with Gasteiger partial charge in [-0.2, -0.15) is 23.3 Å². The molecule has 3 rings (SSSR count). The van der Waals surface area contributed by atoms with Crippen LogP contribution >= 0.6 is 0 Å². The Morgan fingerprint density at radius 1 is 1.27 bits per heavy atom. The van der Waals surface area contributed by atoms with Crippen LogP contribution in [0.4, 0.5) is 30.6 Å². The molecule has 0 aliphatic rings. The van der Waals surface area contributed by atoms with Gasteiger partial charge in [0, 0.05) is 25.5 Å². The molecule has 0 aliphatic carbocycles. The highest BCUT2D eigenvalue weighted by Crippen LogP contribution is 2.29. The number of alkyl halides is 3. The normalized spacial score (nSPS) is 11.3. The number of amides is 1. The highest BCUT2D eigenvalue weighted by Gasteiger charge is 2.30. The van der Waals surface area contributed by atoms with Crippen molar-refractivity contribution < 1.29 is 18.0 Å². The van der Waals surface area contributed by atoms with Gasteiger partial charge < -0.3 is 16.4 Å². The van der Waals surface area contributed by atoms with Crippen LogP contribution in [0.25, 0.3) is 0 Å². The quantitative estimate of drug-likeness (QED) is 0.517. The van der Waals surface area contributed by atoms with Crippen LogP contribution in [0.3, 0.4) is 0 Å². The number of carbonyl (C=O) groups is 1. The van der Waals surface area contributed by atoms with Crippen molar-refractivity contribution >= 4 is 23.4 Å². The van der Waals surface area contributed by atoms with Crippen molar-refractivity contribution in [2.75, 3.05) is 17.2 Å². The van der Waals surface area contributed by atoms with Crippen LogP contribution in [0, 0.1) is 0 Å². The van der Waals surface area contributed by atoms with E-state index in [2.05, 4.69) is 25.7 Å². The number of carbonyl (C=O) groups excluding carboxylic acids is 1. The van der Waals surface area contributed by atoms with Gasteiger partial charge in [0.05, 0.1) is 23.0 Å². The smallest absolute Gasteiger partial charge is 0.369 e. The van der Waals surface area contributed by atoms with Gasteiger partial charge in [-0.15, -0.1) is 0 Å². The predicted molar refractivity (Wildman–Crippen MR) is 105 cm³/mol. The lowest BCUT2D eigenvalue weighted by Crippen LogP contribution is -2.18. The maximum Gasteiger partial charge on any atom is 0.416 e. The first-order valence-electron chi connectivity index (χ1n) is 9.12. The van der Waals surface area contributed by atoms with Gasteiger partial charge in [0.25, 0.3) is 5.91 Å². The number of hydrogen-bond donors (Lipinski definition) is 3. The zero-order valence-corrected chi connectivity index (χ0v) is 16.1. The molecule has 4 N–H and O–H groups in total. The lowest BCUT2D eigenvalue weighted by Gasteiger charge is -2.12. The first-order chi connectivity index (χ1) is 14.3. The molecule has 2 aromatic heterocycles. The van der Waals surface area contributed by atoms with Crippen LogP contribution in [0.5, 0.6) is 0 Å². The summed E-state index contributed by atoms with van der Waals surface area (Å²) in [5, 5.41) is 10.1. The number of anilines is 3. The summed E-state index contributed by atoms with van der Waals surface area (Å²) in [7, 11) is 0. The van der Waals surface area contributed by atoms with Crippen LogP contribution in [-0.2, 0) is 19.1 Å². The van der Waals surface area contributed by atoms with Gasteiger partial charge in [-0.3, -0.25) is 9.48 Å². The molecule has 0 bridgehead atoms. The molecule has 0 aliphatic heterocycles. The van der Waals surface area contributed by atoms with Crippen molar-refractivity contribution in [3.63, 3.8) is 0 Å². The van der Waals surface area contributed by atoms with Gasteiger partial charge in [-0.05, 0) is 25.0 Å². The van der Waals surface area contributed by atoms with E-state index in [1.807, 2.05) is 6.92 Å². The first kappa shape index (κ1) is 21.1. The van der Waals surface area contributed by atoms with Crippen LogP contribution in [0.15, 0.2) is 42.9 Å². The van der Waals surface area contributed by atoms with E-state index in [1.165, 1.54) is 12.3 Å². The summed E-state index contributed by atoms with van der Waals surface area (Å²) in [5.41, 5.74) is 5.90. The monoisotopic (exact) mass is 419 g/mol. The molecule has 8 nitrogen and oxygen atoms in total. The molecular formula is C19H20F3N7O. The van der Waals surface area contributed by atoms with Crippen molar-refractivity contribution in [1.82, 2.24) is 19.7 Å². The molecule has 0 unspecified atom stereocenters. The summed E-state index contributed by atoms with van der Waals surface area (Å²) in [5.74, 6) is -0.311. The van der Waals surface area contributed by atoms with Gasteiger partial charge >= 0.3 is 6.18 Å². The number of aryl methyl sites for hydroxylation is 1. The molecule has 0 fully saturated rings. The zero-order chi connectivity index (χ0) is 21.7. The van der Waals surface area contributed by atoms with Gasteiger partial charge in [-0.1, -0.05) is 18.2 Å². The Hall–Kier alpha value is -3.63. The average Bonchev–Trinajstić information content (AvgIpc) is 3.15. The highest BCUT2D eigenvalue weighted by molar-refractivity contribution is 5.97. The van der Waals surface area contributed by atoms with Crippen molar-refractivity contribution in [2.45, 2.75) is 26.1 Å². The number of halogens is 3. The molecule has 3 aromatic rings. The molecule has 0 atom stereocenters. The molecule has 11 heteroatoms. The van der Waals surface area contributed by atoms with Gasteiger partial charge in [-0.25, -0.2) is 4.98 Å². The topological polar surface area (TPSA) is 111 Å². The average molecular weight is 419 g/mol. The van der Waals surface area contributed by atoms with E-state index in [1.54, 1.807) is 23.1 Å². The minimum atomic E-state index is -4.40. The summed E-state index contributed by atoms with van der Waals surface area (Å²) in [4.78, 5) is 20.0. The second-order valence-electron chi connectivity index (χ2n) is 6.40. The Morgan fingerprint density at radius 2 is 2.07 bits per heavy atom. The molecule has 1 aromatic carbocycles. The molecule has 2 heterocycles. The van der Waals surface area contributed by atoms with Crippen LogP contribution in [0.2, 0.25) is 0 Å². The van der Waals surface area contributed by atoms with Crippen molar-refractivity contribution in [2.24, 2.45) is 5.73 Å². The minimum absolute atomic E-state index is 0.0776. The Labute approximate surface area is 170 Å². The minimum Gasteiger partial charge on any atom is -0.369 e. The maximum absolute atomic E-state index is 12.8. The number of aromatic nitrogens is 4. The molecule has 0 saturated heterocycles. The number of primary amides is 1. The molecule has 30 heavy (non-hydrogen) atoms. The fraction of sp³-hybridized carbons (Fsp3) is 0.263. The Bertz CT molecular complexity index is 1030. The number of rotatable bonds is 8. The van der Waals surface area contributed by atoms with Gasteiger partial charge in [0.2, 0.25) is 5.95 Å². The maximum atomic E-state index is 12.8. The highest BCUT2D eigenvalue weighted by atomic mass is 19.4. The van der Waals surface area contributed by atoms with E-state index in [4.69, 9.17) is 5.73 Å².